The third-order valence-electron chi connectivity index (χ3n) is 4.41. The van der Waals surface area contributed by atoms with Gasteiger partial charge in [-0.2, -0.15) is 0 Å². The van der Waals surface area contributed by atoms with E-state index >= 15 is 0 Å². The Hall–Kier alpha value is -2.01. The van der Waals surface area contributed by atoms with Gasteiger partial charge in [0.05, 0.1) is 0 Å². The highest BCUT2D eigenvalue weighted by atomic mass is 15.2. The molecule has 0 saturated carbocycles. The molecule has 0 unspecified atom stereocenters. The highest BCUT2D eigenvalue weighted by Crippen LogP contribution is 2.17. The lowest BCUT2D eigenvalue weighted by atomic mass is 10.1. The molecule has 5 heteroatoms. The molecule has 0 aliphatic rings. The van der Waals surface area contributed by atoms with Crippen LogP contribution in [0, 0.1) is 0 Å². The first-order valence-corrected chi connectivity index (χ1v) is 8.89. The molecule has 0 radical (unpaired) electrons. The maximum absolute atomic E-state index is 4.30. The monoisotopic (exact) mass is 329 g/mol. The SMILES string of the molecule is CCN(CCNC(=NC)NCCc1c[nH]c2ccccc12)C(C)C. The quantitative estimate of drug-likeness (QED) is 0.515. The van der Waals surface area contributed by atoms with Gasteiger partial charge in [-0.25, -0.2) is 0 Å². The normalized spacial score (nSPS) is 12.3. The molecule has 2 aromatic rings. The number of guanidine groups is 1. The van der Waals surface area contributed by atoms with Gasteiger partial charge in [0.15, 0.2) is 5.96 Å². The molecule has 0 fully saturated rings. The van der Waals surface area contributed by atoms with E-state index in [-0.39, 0.29) is 0 Å². The fraction of sp³-hybridized carbons (Fsp3) is 0.526. The predicted octanol–water partition coefficient (Wildman–Crippen LogP) is 2.61. The Labute approximate surface area is 145 Å². The summed E-state index contributed by atoms with van der Waals surface area (Å²) in [6, 6.07) is 9.00. The standard InChI is InChI=1S/C19H31N5/c1-5-24(15(2)3)13-12-22-19(20-4)21-11-10-16-14-23-18-9-7-6-8-17(16)18/h6-9,14-15,23H,5,10-13H2,1-4H3,(H2,20,21,22). The summed E-state index contributed by atoms with van der Waals surface area (Å²) in [6.45, 7) is 10.5. The molecule has 0 saturated heterocycles. The summed E-state index contributed by atoms with van der Waals surface area (Å²) in [6.07, 6.45) is 3.07. The predicted molar refractivity (Wildman–Crippen MR) is 104 cm³/mol. The van der Waals surface area contributed by atoms with Gasteiger partial charge in [-0.3, -0.25) is 9.89 Å². The number of nitrogens with zero attached hydrogens (tertiary/aromatic N) is 2. The molecule has 1 heterocycles. The molecule has 0 aliphatic heterocycles. The molecule has 0 aliphatic carbocycles. The molecule has 1 aromatic carbocycles. The van der Waals surface area contributed by atoms with Crippen LogP contribution in [-0.2, 0) is 6.42 Å². The lowest BCUT2D eigenvalue weighted by molar-refractivity contribution is 0.237. The summed E-state index contributed by atoms with van der Waals surface area (Å²) in [5.74, 6) is 0.870. The number of aromatic nitrogens is 1. The van der Waals surface area contributed by atoms with E-state index in [2.05, 4.69) is 76.7 Å². The van der Waals surface area contributed by atoms with Crippen molar-refractivity contribution < 1.29 is 0 Å². The summed E-state index contributed by atoms with van der Waals surface area (Å²) in [7, 11) is 1.82. The number of hydrogen-bond donors (Lipinski definition) is 3. The fourth-order valence-electron chi connectivity index (χ4n) is 2.97. The minimum absolute atomic E-state index is 0.577. The van der Waals surface area contributed by atoms with Gasteiger partial charge in [-0.15, -0.1) is 0 Å². The molecular formula is C19H31N5. The molecule has 24 heavy (non-hydrogen) atoms. The number of hydrogen-bond acceptors (Lipinski definition) is 2. The smallest absolute Gasteiger partial charge is 0.191 e. The van der Waals surface area contributed by atoms with Crippen LogP contribution in [0.2, 0.25) is 0 Å². The second-order valence-corrected chi connectivity index (χ2v) is 6.26. The highest BCUT2D eigenvalue weighted by molar-refractivity contribution is 5.83. The number of nitrogens with one attached hydrogen (secondary N) is 3. The lowest BCUT2D eigenvalue weighted by Crippen LogP contribution is -2.43. The Bertz CT molecular complexity index is 644. The van der Waals surface area contributed by atoms with Crippen LogP contribution < -0.4 is 10.6 Å². The third-order valence-corrected chi connectivity index (χ3v) is 4.41. The second-order valence-electron chi connectivity index (χ2n) is 6.26. The number of aliphatic imine (C=N–C) groups is 1. The molecule has 5 nitrogen and oxygen atoms in total. The Morgan fingerprint density at radius 3 is 2.67 bits per heavy atom. The molecule has 3 N–H and O–H groups in total. The number of H-pyrrole nitrogens is 1. The van der Waals surface area contributed by atoms with Crippen LogP contribution in [0.1, 0.15) is 26.3 Å². The summed E-state index contributed by atoms with van der Waals surface area (Å²) in [4.78, 5) is 10.1. The second kappa shape index (κ2) is 9.33. The molecule has 0 bridgehead atoms. The number of benzene rings is 1. The van der Waals surface area contributed by atoms with Gasteiger partial charge in [0.25, 0.3) is 0 Å². The van der Waals surface area contributed by atoms with Crippen LogP contribution in [0.4, 0.5) is 0 Å². The largest absolute Gasteiger partial charge is 0.361 e. The zero-order valence-corrected chi connectivity index (χ0v) is 15.4. The van der Waals surface area contributed by atoms with E-state index in [0.29, 0.717) is 6.04 Å². The van der Waals surface area contributed by atoms with E-state index in [9.17, 15) is 0 Å². The van der Waals surface area contributed by atoms with Crippen molar-refractivity contribution in [3.63, 3.8) is 0 Å². The molecule has 0 spiro atoms. The first-order chi connectivity index (χ1) is 11.7. The molecule has 132 valence electrons. The van der Waals surface area contributed by atoms with Gasteiger partial charge in [0.1, 0.15) is 0 Å². The summed E-state index contributed by atoms with van der Waals surface area (Å²) < 4.78 is 0. The van der Waals surface area contributed by atoms with Crippen LogP contribution in [-0.4, -0.2) is 55.1 Å². The van der Waals surface area contributed by atoms with Crippen molar-refractivity contribution >= 4 is 16.9 Å². The van der Waals surface area contributed by atoms with Crippen LogP contribution in [0.15, 0.2) is 35.5 Å². The van der Waals surface area contributed by atoms with Crippen molar-refractivity contribution in [1.29, 1.82) is 0 Å². The van der Waals surface area contributed by atoms with E-state index in [1.165, 1.54) is 16.5 Å². The number of rotatable bonds is 8. The molecule has 2 rings (SSSR count). The van der Waals surface area contributed by atoms with E-state index in [1.54, 1.807) is 0 Å². The van der Waals surface area contributed by atoms with Crippen molar-refractivity contribution in [2.24, 2.45) is 4.99 Å². The first kappa shape index (κ1) is 18.3. The zero-order valence-electron chi connectivity index (χ0n) is 15.4. The highest BCUT2D eigenvalue weighted by Gasteiger charge is 2.07. The van der Waals surface area contributed by atoms with Crippen LogP contribution in [0.3, 0.4) is 0 Å². The average Bonchev–Trinajstić information content (AvgIpc) is 3.00. The average molecular weight is 329 g/mol. The van der Waals surface area contributed by atoms with Crippen molar-refractivity contribution in [3.05, 3.63) is 36.0 Å². The van der Waals surface area contributed by atoms with Gasteiger partial charge in [-0.1, -0.05) is 25.1 Å². The zero-order chi connectivity index (χ0) is 17.4. The maximum atomic E-state index is 4.30. The minimum Gasteiger partial charge on any atom is -0.361 e. The summed E-state index contributed by atoms with van der Waals surface area (Å²) >= 11 is 0. The van der Waals surface area contributed by atoms with E-state index in [4.69, 9.17) is 0 Å². The van der Waals surface area contributed by atoms with Gasteiger partial charge in [0.2, 0.25) is 0 Å². The Morgan fingerprint density at radius 2 is 1.96 bits per heavy atom. The Balaban J connectivity index is 1.76. The number of likely N-dealkylation sites (N-methyl/N-ethyl adjacent to an activating group) is 1. The first-order valence-electron chi connectivity index (χ1n) is 8.89. The van der Waals surface area contributed by atoms with E-state index in [1.807, 2.05) is 7.05 Å². The van der Waals surface area contributed by atoms with E-state index < -0.39 is 0 Å². The van der Waals surface area contributed by atoms with Crippen molar-refractivity contribution in [2.45, 2.75) is 33.2 Å². The van der Waals surface area contributed by atoms with Crippen LogP contribution in [0.25, 0.3) is 10.9 Å². The maximum Gasteiger partial charge on any atom is 0.191 e. The summed E-state index contributed by atoms with van der Waals surface area (Å²) in [5.41, 5.74) is 2.54. The number of para-hydroxylation sites is 1. The van der Waals surface area contributed by atoms with Crippen LogP contribution in [0.5, 0.6) is 0 Å². The van der Waals surface area contributed by atoms with Gasteiger partial charge < -0.3 is 15.6 Å². The van der Waals surface area contributed by atoms with Crippen molar-refractivity contribution in [1.82, 2.24) is 20.5 Å². The number of fused-ring (bicyclic) bond motifs is 1. The molecule has 0 atom stereocenters. The molecular weight excluding hydrogens is 298 g/mol. The Morgan fingerprint density at radius 1 is 1.21 bits per heavy atom. The third kappa shape index (κ3) is 4.99. The van der Waals surface area contributed by atoms with Crippen LogP contribution >= 0.6 is 0 Å². The minimum atomic E-state index is 0.577. The molecule has 0 amide bonds. The van der Waals surface area contributed by atoms with Gasteiger partial charge in [-0.05, 0) is 38.4 Å². The van der Waals surface area contributed by atoms with Crippen molar-refractivity contribution in [2.75, 3.05) is 33.2 Å². The van der Waals surface area contributed by atoms with E-state index in [0.717, 1.165) is 38.6 Å². The topological polar surface area (TPSA) is 55.4 Å². The fourth-order valence-corrected chi connectivity index (χ4v) is 2.97. The summed E-state index contributed by atoms with van der Waals surface area (Å²) in [5, 5.41) is 8.10. The van der Waals surface area contributed by atoms with Gasteiger partial charge in [0, 0.05) is 49.8 Å². The number of aromatic amines is 1. The molecule has 1 aromatic heterocycles. The Kier molecular flexibility index (Phi) is 7.12. The van der Waals surface area contributed by atoms with Gasteiger partial charge >= 0.3 is 0 Å². The lowest BCUT2D eigenvalue weighted by Gasteiger charge is -2.25. The van der Waals surface area contributed by atoms with Crippen molar-refractivity contribution in [3.8, 4) is 0 Å².